The fourth-order valence-electron chi connectivity index (χ4n) is 3.33. The molecule has 3 aromatic rings. The lowest BCUT2D eigenvalue weighted by Crippen LogP contribution is -2.54. The van der Waals surface area contributed by atoms with E-state index < -0.39 is 11.6 Å². The zero-order valence-electron chi connectivity index (χ0n) is 19.5. The number of rotatable bonds is 8. The van der Waals surface area contributed by atoms with Gasteiger partial charge in [0.05, 0.1) is 0 Å². The van der Waals surface area contributed by atoms with Gasteiger partial charge in [0.2, 0.25) is 17.6 Å². The van der Waals surface area contributed by atoms with Gasteiger partial charge in [0, 0.05) is 12.1 Å². The molecule has 2 aromatic heterocycles. The van der Waals surface area contributed by atoms with Gasteiger partial charge in [-0.3, -0.25) is 9.59 Å². The number of tetrazole rings is 1. The standard InChI is InChI=1S/C23H29FN6O3/c1-6-18(22(32)25-23(3,4)5)29(13-16-8-10-17(24)11-9-16)20(31)14-30-27-21(26-28-30)19-12-7-15(2)33-19/h7-12,18H,6,13-14H2,1-5H3,(H,25,32). The Morgan fingerprint density at radius 1 is 1.18 bits per heavy atom. The van der Waals surface area contributed by atoms with Crippen LogP contribution in [0.5, 0.6) is 0 Å². The lowest BCUT2D eigenvalue weighted by Gasteiger charge is -2.33. The van der Waals surface area contributed by atoms with E-state index in [0.29, 0.717) is 23.5 Å². The molecule has 0 fully saturated rings. The van der Waals surface area contributed by atoms with Gasteiger partial charge < -0.3 is 14.6 Å². The molecule has 1 atom stereocenters. The molecule has 1 aromatic carbocycles. The number of hydrogen-bond acceptors (Lipinski definition) is 6. The van der Waals surface area contributed by atoms with Gasteiger partial charge in [0.25, 0.3) is 0 Å². The van der Waals surface area contributed by atoms with E-state index in [4.69, 9.17) is 4.42 Å². The Hall–Kier alpha value is -3.56. The maximum Gasteiger partial charge on any atom is 0.247 e. The number of carbonyl (C=O) groups is 2. The Morgan fingerprint density at radius 3 is 2.45 bits per heavy atom. The van der Waals surface area contributed by atoms with Crippen molar-refractivity contribution in [1.82, 2.24) is 30.4 Å². The molecule has 3 rings (SSSR count). The van der Waals surface area contributed by atoms with Crippen LogP contribution in [0.25, 0.3) is 11.6 Å². The number of aryl methyl sites for hydroxylation is 1. The zero-order chi connectivity index (χ0) is 24.2. The number of nitrogens with zero attached hydrogens (tertiary/aromatic N) is 5. The summed E-state index contributed by atoms with van der Waals surface area (Å²) in [6, 6.07) is 8.62. The van der Waals surface area contributed by atoms with Gasteiger partial charge >= 0.3 is 0 Å². The first-order valence-corrected chi connectivity index (χ1v) is 10.8. The second-order valence-electron chi connectivity index (χ2n) is 8.87. The summed E-state index contributed by atoms with van der Waals surface area (Å²) in [4.78, 5) is 29.0. The molecule has 0 radical (unpaired) electrons. The molecule has 10 heteroatoms. The summed E-state index contributed by atoms with van der Waals surface area (Å²) in [5, 5.41) is 15.1. The monoisotopic (exact) mass is 456 g/mol. The van der Waals surface area contributed by atoms with Crippen molar-refractivity contribution in [2.75, 3.05) is 0 Å². The summed E-state index contributed by atoms with van der Waals surface area (Å²) in [6.45, 7) is 9.19. The van der Waals surface area contributed by atoms with Gasteiger partial charge in [-0.25, -0.2) is 4.39 Å². The van der Waals surface area contributed by atoms with E-state index in [2.05, 4.69) is 20.7 Å². The summed E-state index contributed by atoms with van der Waals surface area (Å²) < 4.78 is 18.9. The predicted molar refractivity (Wildman–Crippen MR) is 119 cm³/mol. The summed E-state index contributed by atoms with van der Waals surface area (Å²) in [7, 11) is 0. The molecule has 0 aliphatic carbocycles. The third-order valence-corrected chi connectivity index (χ3v) is 4.84. The first-order chi connectivity index (χ1) is 15.6. The Morgan fingerprint density at radius 2 is 1.88 bits per heavy atom. The van der Waals surface area contributed by atoms with Gasteiger partial charge in [0.15, 0.2) is 5.76 Å². The summed E-state index contributed by atoms with van der Waals surface area (Å²) in [5.74, 6) is 0.414. The van der Waals surface area contributed by atoms with Crippen LogP contribution in [0.15, 0.2) is 40.8 Å². The summed E-state index contributed by atoms with van der Waals surface area (Å²) in [5.41, 5.74) is 0.239. The van der Waals surface area contributed by atoms with E-state index in [1.165, 1.54) is 21.8 Å². The maximum absolute atomic E-state index is 13.4. The number of halogens is 1. The zero-order valence-corrected chi connectivity index (χ0v) is 19.5. The Balaban J connectivity index is 1.84. The van der Waals surface area contributed by atoms with Crippen molar-refractivity contribution in [3.05, 3.63) is 53.5 Å². The molecule has 2 amide bonds. The highest BCUT2D eigenvalue weighted by Crippen LogP contribution is 2.18. The first kappa shape index (κ1) is 24.1. The van der Waals surface area contributed by atoms with E-state index >= 15 is 0 Å². The molecule has 33 heavy (non-hydrogen) atoms. The highest BCUT2D eigenvalue weighted by Gasteiger charge is 2.31. The van der Waals surface area contributed by atoms with Crippen LogP contribution in [-0.4, -0.2) is 48.5 Å². The number of aromatic nitrogens is 4. The van der Waals surface area contributed by atoms with Crippen molar-refractivity contribution < 1.29 is 18.4 Å². The molecule has 0 aliphatic heterocycles. The molecule has 1 N–H and O–H groups in total. The van der Waals surface area contributed by atoms with Gasteiger partial charge in [-0.05, 0) is 69.2 Å². The largest absolute Gasteiger partial charge is 0.458 e. The van der Waals surface area contributed by atoms with Crippen LogP contribution < -0.4 is 5.32 Å². The minimum atomic E-state index is -0.725. The Bertz CT molecular complexity index is 1100. The van der Waals surface area contributed by atoms with Crippen LogP contribution in [-0.2, 0) is 22.7 Å². The second-order valence-corrected chi connectivity index (χ2v) is 8.87. The molecule has 1 unspecified atom stereocenters. The van der Waals surface area contributed by atoms with E-state index in [-0.39, 0.29) is 36.5 Å². The summed E-state index contributed by atoms with van der Waals surface area (Å²) >= 11 is 0. The van der Waals surface area contributed by atoms with Crippen LogP contribution in [0.3, 0.4) is 0 Å². The van der Waals surface area contributed by atoms with Gasteiger partial charge in [0.1, 0.15) is 24.2 Å². The number of hydrogen-bond donors (Lipinski definition) is 1. The smallest absolute Gasteiger partial charge is 0.247 e. The quantitative estimate of drug-likeness (QED) is 0.558. The number of benzene rings is 1. The topological polar surface area (TPSA) is 106 Å². The average molecular weight is 457 g/mol. The van der Waals surface area contributed by atoms with Crippen LogP contribution in [0.1, 0.15) is 45.4 Å². The highest BCUT2D eigenvalue weighted by molar-refractivity contribution is 5.88. The SMILES string of the molecule is CCC(C(=O)NC(C)(C)C)N(Cc1ccc(F)cc1)C(=O)Cn1nnc(-c2ccc(C)o2)n1. The van der Waals surface area contributed by atoms with E-state index in [9.17, 15) is 14.0 Å². The van der Waals surface area contributed by atoms with Crippen molar-refractivity contribution in [2.45, 2.75) is 65.7 Å². The van der Waals surface area contributed by atoms with Gasteiger partial charge in [-0.15, -0.1) is 10.2 Å². The Kier molecular flexibility index (Phi) is 7.25. The normalized spacial score (nSPS) is 12.4. The lowest BCUT2D eigenvalue weighted by atomic mass is 10.1. The number of nitrogens with one attached hydrogen (secondary N) is 1. The van der Waals surface area contributed by atoms with Gasteiger partial charge in [-0.1, -0.05) is 19.1 Å². The lowest BCUT2D eigenvalue weighted by molar-refractivity contribution is -0.142. The summed E-state index contributed by atoms with van der Waals surface area (Å²) in [6.07, 6.45) is 0.399. The molecule has 0 bridgehead atoms. The number of amides is 2. The second kappa shape index (κ2) is 9.93. The van der Waals surface area contributed by atoms with Crippen LogP contribution in [0.4, 0.5) is 4.39 Å². The molecule has 2 heterocycles. The first-order valence-electron chi connectivity index (χ1n) is 10.8. The molecule has 0 saturated heterocycles. The molecular weight excluding hydrogens is 427 g/mol. The van der Waals surface area contributed by atoms with Crippen molar-refractivity contribution >= 4 is 11.8 Å². The van der Waals surface area contributed by atoms with Crippen molar-refractivity contribution in [2.24, 2.45) is 0 Å². The minimum Gasteiger partial charge on any atom is -0.458 e. The van der Waals surface area contributed by atoms with Crippen LogP contribution in [0, 0.1) is 12.7 Å². The fraction of sp³-hybridized carbons (Fsp3) is 0.435. The van der Waals surface area contributed by atoms with E-state index in [1.807, 2.05) is 27.7 Å². The molecule has 176 valence electrons. The maximum atomic E-state index is 13.4. The highest BCUT2D eigenvalue weighted by atomic mass is 19.1. The van der Waals surface area contributed by atoms with Crippen molar-refractivity contribution in [1.29, 1.82) is 0 Å². The minimum absolute atomic E-state index is 0.133. The third-order valence-electron chi connectivity index (χ3n) is 4.84. The molecular formula is C23H29FN6O3. The van der Waals surface area contributed by atoms with Crippen LogP contribution >= 0.6 is 0 Å². The van der Waals surface area contributed by atoms with E-state index in [0.717, 1.165) is 0 Å². The third kappa shape index (κ3) is 6.47. The number of carbonyl (C=O) groups excluding carboxylic acids is 2. The van der Waals surface area contributed by atoms with E-state index in [1.54, 1.807) is 31.2 Å². The molecule has 0 spiro atoms. The van der Waals surface area contributed by atoms with Crippen molar-refractivity contribution in [3.8, 4) is 11.6 Å². The van der Waals surface area contributed by atoms with Gasteiger partial charge in [-0.2, -0.15) is 4.80 Å². The average Bonchev–Trinajstić information content (AvgIpc) is 3.36. The van der Waals surface area contributed by atoms with Crippen LogP contribution in [0.2, 0.25) is 0 Å². The fourth-order valence-corrected chi connectivity index (χ4v) is 3.33. The molecule has 0 saturated carbocycles. The molecule has 0 aliphatic rings. The predicted octanol–water partition coefficient (Wildman–Crippen LogP) is 3.10. The van der Waals surface area contributed by atoms with Crippen molar-refractivity contribution in [3.63, 3.8) is 0 Å². The number of furan rings is 1. The Labute approximate surface area is 192 Å². The molecule has 9 nitrogen and oxygen atoms in total.